The molecular weight excluding hydrogens is 236 g/mol. The van der Waals surface area contributed by atoms with Gasteiger partial charge >= 0.3 is 0 Å². The fraction of sp³-hybridized carbons (Fsp3) is 0.500. The Bertz CT molecular complexity index is 567. The van der Waals surface area contributed by atoms with E-state index in [0.717, 1.165) is 24.2 Å². The third kappa shape index (κ3) is 2.35. The third-order valence-corrected chi connectivity index (χ3v) is 4.16. The second-order valence-electron chi connectivity index (χ2n) is 5.50. The Kier molecular flexibility index (Phi) is 3.47. The van der Waals surface area contributed by atoms with Gasteiger partial charge in [0.2, 0.25) is 0 Å². The maximum absolute atomic E-state index is 5.69. The zero-order chi connectivity index (χ0) is 13.2. The molecule has 1 aliphatic heterocycles. The highest BCUT2D eigenvalue weighted by Crippen LogP contribution is 2.33. The minimum Gasteiger partial charge on any atom is -0.496 e. The zero-order valence-electron chi connectivity index (χ0n) is 11.8. The van der Waals surface area contributed by atoms with Crippen molar-refractivity contribution in [2.24, 2.45) is 0 Å². The maximum Gasteiger partial charge on any atom is 0.131 e. The largest absolute Gasteiger partial charge is 0.496 e. The van der Waals surface area contributed by atoms with Crippen LogP contribution in [0.15, 0.2) is 18.3 Å². The average molecular weight is 258 g/mol. The first-order valence-corrected chi connectivity index (χ1v) is 7.16. The summed E-state index contributed by atoms with van der Waals surface area (Å²) in [6.45, 7) is 3.28. The van der Waals surface area contributed by atoms with Gasteiger partial charge in [0.25, 0.3) is 0 Å². The molecule has 1 saturated heterocycles. The van der Waals surface area contributed by atoms with Gasteiger partial charge in [-0.1, -0.05) is 12.5 Å². The molecular formula is C16H22N2O. The van der Waals surface area contributed by atoms with Gasteiger partial charge in [-0.05, 0) is 49.9 Å². The van der Waals surface area contributed by atoms with Crippen LogP contribution in [0.2, 0.25) is 0 Å². The zero-order valence-corrected chi connectivity index (χ0v) is 11.8. The van der Waals surface area contributed by atoms with E-state index in [1.54, 1.807) is 7.11 Å². The first-order valence-electron chi connectivity index (χ1n) is 7.16. The Hall–Kier alpha value is -1.48. The van der Waals surface area contributed by atoms with Crippen molar-refractivity contribution in [3.8, 4) is 5.75 Å². The normalized spacial score (nSPS) is 19.8. The second-order valence-corrected chi connectivity index (χ2v) is 5.50. The summed E-state index contributed by atoms with van der Waals surface area (Å²) in [6.07, 6.45) is 7.03. The van der Waals surface area contributed by atoms with Crippen molar-refractivity contribution in [1.82, 2.24) is 10.3 Å². The predicted octanol–water partition coefficient (Wildman–Crippen LogP) is 3.17. The number of aromatic nitrogens is 1. The molecule has 0 radical (unpaired) electrons. The highest BCUT2D eigenvalue weighted by atomic mass is 16.5. The van der Waals surface area contributed by atoms with Gasteiger partial charge in [-0.15, -0.1) is 0 Å². The Balaban J connectivity index is 1.95. The summed E-state index contributed by atoms with van der Waals surface area (Å²) in [5, 5.41) is 4.84. The topological polar surface area (TPSA) is 37.0 Å². The molecule has 0 bridgehead atoms. The molecule has 1 aromatic carbocycles. The molecule has 19 heavy (non-hydrogen) atoms. The van der Waals surface area contributed by atoms with Crippen molar-refractivity contribution < 1.29 is 4.74 Å². The lowest BCUT2D eigenvalue weighted by atomic mass is 9.96. The smallest absolute Gasteiger partial charge is 0.131 e. The van der Waals surface area contributed by atoms with Gasteiger partial charge < -0.3 is 15.0 Å². The summed E-state index contributed by atoms with van der Waals surface area (Å²) < 4.78 is 5.69. The van der Waals surface area contributed by atoms with Crippen molar-refractivity contribution in [3.63, 3.8) is 0 Å². The van der Waals surface area contributed by atoms with Gasteiger partial charge in [0, 0.05) is 23.1 Å². The molecule has 1 atom stereocenters. The van der Waals surface area contributed by atoms with Gasteiger partial charge in [-0.3, -0.25) is 0 Å². The number of benzene rings is 1. The lowest BCUT2D eigenvalue weighted by Gasteiger charge is -2.24. The van der Waals surface area contributed by atoms with Crippen LogP contribution >= 0.6 is 0 Å². The molecule has 2 heterocycles. The van der Waals surface area contributed by atoms with Crippen LogP contribution in [0.4, 0.5) is 0 Å². The van der Waals surface area contributed by atoms with E-state index < -0.39 is 0 Å². The van der Waals surface area contributed by atoms with Crippen LogP contribution in [0.1, 0.15) is 30.4 Å². The van der Waals surface area contributed by atoms with Crippen molar-refractivity contribution in [2.75, 3.05) is 13.7 Å². The van der Waals surface area contributed by atoms with E-state index in [1.165, 1.54) is 35.8 Å². The van der Waals surface area contributed by atoms with Gasteiger partial charge in [0.05, 0.1) is 7.11 Å². The molecule has 0 spiro atoms. The van der Waals surface area contributed by atoms with Crippen LogP contribution in [-0.4, -0.2) is 24.7 Å². The van der Waals surface area contributed by atoms with Crippen molar-refractivity contribution in [1.29, 1.82) is 0 Å². The molecule has 2 N–H and O–H groups in total. The lowest BCUT2D eigenvalue weighted by molar-refractivity contribution is 0.384. The summed E-state index contributed by atoms with van der Waals surface area (Å²) in [4.78, 5) is 3.30. The van der Waals surface area contributed by atoms with E-state index in [0.29, 0.717) is 6.04 Å². The standard InChI is InChI=1S/C16H22N2O/c1-11-10-18-14-7-6-12(16(19-2)15(11)14)9-13-5-3-4-8-17-13/h6-7,10,13,17-18H,3-5,8-9H2,1-2H3. The summed E-state index contributed by atoms with van der Waals surface area (Å²) >= 11 is 0. The van der Waals surface area contributed by atoms with Crippen LogP contribution in [0.25, 0.3) is 10.9 Å². The first-order chi connectivity index (χ1) is 9.29. The van der Waals surface area contributed by atoms with Crippen LogP contribution in [0, 0.1) is 6.92 Å². The molecule has 1 unspecified atom stereocenters. The van der Waals surface area contributed by atoms with E-state index in [2.05, 4.69) is 35.6 Å². The van der Waals surface area contributed by atoms with Crippen molar-refractivity contribution in [3.05, 3.63) is 29.5 Å². The number of piperidine rings is 1. The van der Waals surface area contributed by atoms with Crippen LogP contribution < -0.4 is 10.1 Å². The monoisotopic (exact) mass is 258 g/mol. The molecule has 3 nitrogen and oxygen atoms in total. The number of H-pyrrole nitrogens is 1. The molecule has 1 aliphatic rings. The number of nitrogens with one attached hydrogen (secondary N) is 2. The number of rotatable bonds is 3. The van der Waals surface area contributed by atoms with E-state index in [4.69, 9.17) is 4.74 Å². The molecule has 2 aromatic rings. The quantitative estimate of drug-likeness (QED) is 0.887. The Morgan fingerprint density at radius 3 is 2.95 bits per heavy atom. The number of methoxy groups -OCH3 is 1. The fourth-order valence-corrected chi connectivity index (χ4v) is 3.15. The van der Waals surface area contributed by atoms with Crippen molar-refractivity contribution in [2.45, 2.75) is 38.6 Å². The van der Waals surface area contributed by atoms with Crippen LogP contribution in [0.3, 0.4) is 0 Å². The summed E-state index contributed by atoms with van der Waals surface area (Å²) in [5.74, 6) is 1.05. The molecule has 1 fully saturated rings. The first kappa shape index (κ1) is 12.5. The number of hydrogen-bond donors (Lipinski definition) is 2. The highest BCUT2D eigenvalue weighted by molar-refractivity contribution is 5.90. The number of hydrogen-bond acceptors (Lipinski definition) is 2. The molecule has 0 aliphatic carbocycles. The van der Waals surface area contributed by atoms with E-state index in [9.17, 15) is 0 Å². The molecule has 0 saturated carbocycles. The minimum absolute atomic E-state index is 0.597. The summed E-state index contributed by atoms with van der Waals surface area (Å²) in [5.41, 5.74) is 3.73. The molecule has 102 valence electrons. The molecule has 3 rings (SSSR count). The number of fused-ring (bicyclic) bond motifs is 1. The predicted molar refractivity (Wildman–Crippen MR) is 78.9 cm³/mol. The minimum atomic E-state index is 0.597. The fourth-order valence-electron chi connectivity index (χ4n) is 3.15. The average Bonchev–Trinajstić information content (AvgIpc) is 2.82. The molecule has 1 aromatic heterocycles. The number of ether oxygens (including phenoxy) is 1. The van der Waals surface area contributed by atoms with Gasteiger partial charge in [0.15, 0.2) is 0 Å². The third-order valence-electron chi connectivity index (χ3n) is 4.16. The molecule has 3 heteroatoms. The molecule has 0 amide bonds. The van der Waals surface area contributed by atoms with E-state index in [1.807, 2.05) is 0 Å². The van der Waals surface area contributed by atoms with E-state index >= 15 is 0 Å². The Morgan fingerprint density at radius 1 is 1.32 bits per heavy atom. The van der Waals surface area contributed by atoms with Gasteiger partial charge in [-0.25, -0.2) is 0 Å². The van der Waals surface area contributed by atoms with Gasteiger partial charge in [-0.2, -0.15) is 0 Å². The summed E-state index contributed by atoms with van der Waals surface area (Å²) in [6, 6.07) is 4.97. The second kappa shape index (κ2) is 5.25. The SMILES string of the molecule is COc1c(CC2CCCCN2)ccc2[nH]cc(C)c12. The Morgan fingerprint density at radius 2 is 2.21 bits per heavy atom. The number of aryl methyl sites for hydroxylation is 1. The van der Waals surface area contributed by atoms with Gasteiger partial charge in [0.1, 0.15) is 5.75 Å². The van der Waals surface area contributed by atoms with Crippen molar-refractivity contribution >= 4 is 10.9 Å². The Labute approximate surface area is 114 Å². The highest BCUT2D eigenvalue weighted by Gasteiger charge is 2.17. The van der Waals surface area contributed by atoms with E-state index in [-0.39, 0.29) is 0 Å². The summed E-state index contributed by atoms with van der Waals surface area (Å²) in [7, 11) is 1.78. The lowest BCUT2D eigenvalue weighted by Crippen LogP contribution is -2.35. The van der Waals surface area contributed by atoms with Crippen LogP contribution in [-0.2, 0) is 6.42 Å². The maximum atomic E-state index is 5.69. The number of aromatic amines is 1. The van der Waals surface area contributed by atoms with Crippen LogP contribution in [0.5, 0.6) is 5.75 Å².